The fraction of sp³-hybridized carbons (Fsp3) is 0.192. The molecule has 0 bridgehead atoms. The predicted octanol–water partition coefficient (Wildman–Crippen LogP) is 3.79. The summed E-state index contributed by atoms with van der Waals surface area (Å²) in [6.45, 7) is 0. The smallest absolute Gasteiger partial charge is 0.277 e. The van der Waals surface area contributed by atoms with E-state index in [2.05, 4.69) is 10.5 Å². The molecule has 1 N–H and O–H groups in total. The molecule has 1 spiro atoms. The van der Waals surface area contributed by atoms with Gasteiger partial charge in [0.1, 0.15) is 28.9 Å². The summed E-state index contributed by atoms with van der Waals surface area (Å²) in [5.41, 5.74) is 0.763. The number of para-hydroxylation sites is 1. The molecule has 0 aliphatic carbocycles. The van der Waals surface area contributed by atoms with Crippen LogP contribution in [-0.4, -0.2) is 38.7 Å². The summed E-state index contributed by atoms with van der Waals surface area (Å²) in [5, 5.41) is 7.13. The number of carbonyl (C=O) groups is 2. The van der Waals surface area contributed by atoms with Crippen molar-refractivity contribution in [3.8, 4) is 17.2 Å². The van der Waals surface area contributed by atoms with E-state index in [0.717, 1.165) is 0 Å². The van der Waals surface area contributed by atoms with Gasteiger partial charge in [0.25, 0.3) is 11.5 Å². The molecule has 3 aromatic rings. The van der Waals surface area contributed by atoms with Crippen molar-refractivity contribution in [2.75, 3.05) is 26.6 Å². The van der Waals surface area contributed by atoms with E-state index in [1.165, 1.54) is 14.2 Å². The molecular weight excluding hydrogens is 436 g/mol. The zero-order chi connectivity index (χ0) is 23.9. The van der Waals surface area contributed by atoms with Crippen molar-refractivity contribution in [1.82, 2.24) is 0 Å². The number of anilines is 1. The Bertz CT molecular complexity index is 1320. The topological polar surface area (TPSA) is 95.5 Å². The molecule has 3 aromatic carbocycles. The largest absolute Gasteiger partial charge is 0.497 e. The van der Waals surface area contributed by atoms with Crippen LogP contribution in [0.1, 0.15) is 21.5 Å². The fourth-order valence-electron chi connectivity index (χ4n) is 4.50. The van der Waals surface area contributed by atoms with Gasteiger partial charge in [-0.2, -0.15) is 0 Å². The molecular formula is C26H22N2O6. The van der Waals surface area contributed by atoms with Crippen molar-refractivity contribution in [3.05, 3.63) is 83.4 Å². The van der Waals surface area contributed by atoms with Crippen molar-refractivity contribution in [2.24, 2.45) is 11.1 Å². The number of methoxy groups -OCH3 is 3. The van der Waals surface area contributed by atoms with E-state index in [4.69, 9.17) is 19.0 Å². The van der Waals surface area contributed by atoms with Gasteiger partial charge < -0.3 is 24.4 Å². The maximum Gasteiger partial charge on any atom is 0.277 e. The lowest BCUT2D eigenvalue weighted by Crippen LogP contribution is -2.46. The number of carbonyl (C=O) groups excluding carboxylic acids is 2. The second-order valence-electron chi connectivity index (χ2n) is 7.90. The highest BCUT2D eigenvalue weighted by Crippen LogP contribution is 2.50. The van der Waals surface area contributed by atoms with Crippen LogP contribution < -0.4 is 19.5 Å². The van der Waals surface area contributed by atoms with E-state index in [9.17, 15) is 9.59 Å². The number of ketones is 1. The molecule has 0 unspecified atom stereocenters. The van der Waals surface area contributed by atoms with E-state index in [1.807, 2.05) is 6.07 Å². The van der Waals surface area contributed by atoms with Gasteiger partial charge in [-0.1, -0.05) is 23.4 Å². The van der Waals surface area contributed by atoms with E-state index in [1.54, 1.807) is 67.8 Å². The van der Waals surface area contributed by atoms with Crippen molar-refractivity contribution in [2.45, 2.75) is 5.60 Å². The van der Waals surface area contributed by atoms with Gasteiger partial charge in [0.15, 0.2) is 5.78 Å². The number of fused-ring (bicyclic) bond motifs is 2. The van der Waals surface area contributed by atoms with Gasteiger partial charge in [-0.25, -0.2) is 0 Å². The number of benzene rings is 3. The lowest BCUT2D eigenvalue weighted by atomic mass is 9.74. The number of nitrogens with one attached hydrogen (secondary N) is 1. The normalized spacial score (nSPS) is 20.3. The van der Waals surface area contributed by atoms with Gasteiger partial charge >= 0.3 is 0 Å². The second kappa shape index (κ2) is 8.22. The Morgan fingerprint density at radius 2 is 1.65 bits per heavy atom. The third-order valence-electron chi connectivity index (χ3n) is 6.20. The van der Waals surface area contributed by atoms with E-state index >= 15 is 0 Å². The molecule has 2 aliphatic rings. The quantitative estimate of drug-likeness (QED) is 0.565. The first-order valence-corrected chi connectivity index (χ1v) is 10.6. The standard InChI is InChI=1S/C26H22N2O6/c1-31-16-10-8-15(9-11-16)23-22(24(29)18-13-12-17(32-2)14-21(18)33-3)26(34-28-23)19-6-4-5-7-20(19)27-25(26)30/h4-14,22H,1-3H3,(H,27,30)/t22-,26-/m1/s1. The first-order chi connectivity index (χ1) is 16.5. The fourth-order valence-corrected chi connectivity index (χ4v) is 4.50. The molecule has 0 saturated carbocycles. The highest BCUT2D eigenvalue weighted by Gasteiger charge is 2.63. The van der Waals surface area contributed by atoms with E-state index in [0.29, 0.717) is 39.8 Å². The van der Waals surface area contributed by atoms with Crippen LogP contribution in [0.3, 0.4) is 0 Å². The van der Waals surface area contributed by atoms with Gasteiger partial charge in [0.2, 0.25) is 0 Å². The van der Waals surface area contributed by atoms with Gasteiger partial charge in [-0.05, 0) is 42.5 Å². The highest BCUT2D eigenvalue weighted by atomic mass is 16.7. The Morgan fingerprint density at radius 1 is 0.941 bits per heavy atom. The summed E-state index contributed by atoms with van der Waals surface area (Å²) < 4.78 is 16.0. The van der Waals surface area contributed by atoms with Crippen molar-refractivity contribution in [1.29, 1.82) is 0 Å². The summed E-state index contributed by atoms with van der Waals surface area (Å²) in [4.78, 5) is 33.5. The van der Waals surface area contributed by atoms with Crippen LogP contribution in [0.15, 0.2) is 71.9 Å². The molecule has 0 fully saturated rings. The minimum absolute atomic E-state index is 0.288. The molecule has 0 radical (unpaired) electrons. The molecule has 1 amide bonds. The zero-order valence-corrected chi connectivity index (χ0v) is 18.8. The summed E-state index contributed by atoms with van der Waals surface area (Å²) in [5.74, 6) is -0.357. The number of ether oxygens (including phenoxy) is 3. The van der Waals surface area contributed by atoms with Gasteiger partial charge in [-0.15, -0.1) is 0 Å². The van der Waals surface area contributed by atoms with Crippen molar-refractivity contribution < 1.29 is 28.6 Å². The van der Waals surface area contributed by atoms with Crippen LogP contribution in [-0.2, 0) is 15.2 Å². The molecule has 8 nitrogen and oxygen atoms in total. The van der Waals surface area contributed by atoms with Gasteiger partial charge in [0.05, 0.1) is 26.9 Å². The SMILES string of the molecule is COc1ccc(C2=NO[C@@]3(C(=O)Nc4ccccc43)[C@H]2C(=O)c2ccc(OC)cc2OC)cc1. The van der Waals surface area contributed by atoms with Crippen molar-refractivity contribution in [3.63, 3.8) is 0 Å². The molecule has 8 heteroatoms. The third kappa shape index (κ3) is 3.10. The number of Topliss-reactive ketones (excluding diaryl/α,β-unsaturated/α-hetero) is 1. The molecule has 2 aliphatic heterocycles. The summed E-state index contributed by atoms with van der Waals surface area (Å²) >= 11 is 0. The van der Waals surface area contributed by atoms with Crippen LogP contribution in [0.2, 0.25) is 0 Å². The number of oxime groups is 1. The first-order valence-electron chi connectivity index (χ1n) is 10.6. The van der Waals surface area contributed by atoms with Crippen LogP contribution in [0.4, 0.5) is 5.69 Å². The molecule has 172 valence electrons. The van der Waals surface area contributed by atoms with Crippen LogP contribution in [0.5, 0.6) is 17.2 Å². The minimum Gasteiger partial charge on any atom is -0.497 e. The Morgan fingerprint density at radius 3 is 2.35 bits per heavy atom. The molecule has 2 heterocycles. The average Bonchev–Trinajstić information content (AvgIpc) is 3.42. The number of amides is 1. The Kier molecular flexibility index (Phi) is 5.20. The van der Waals surface area contributed by atoms with Crippen molar-refractivity contribution >= 4 is 23.1 Å². The Labute approximate surface area is 196 Å². The molecule has 0 aromatic heterocycles. The second-order valence-corrected chi connectivity index (χ2v) is 7.90. The lowest BCUT2D eigenvalue weighted by Gasteiger charge is -2.27. The highest BCUT2D eigenvalue weighted by molar-refractivity contribution is 6.25. The Hall–Kier alpha value is -4.33. The van der Waals surface area contributed by atoms with E-state index < -0.39 is 17.4 Å². The molecule has 0 saturated heterocycles. The Balaban J connectivity index is 1.68. The summed E-state index contributed by atoms with van der Waals surface area (Å²) in [7, 11) is 4.58. The molecule has 2 atom stereocenters. The number of hydrogen-bond donors (Lipinski definition) is 1. The minimum atomic E-state index is -1.64. The summed E-state index contributed by atoms with van der Waals surface area (Å²) in [6.07, 6.45) is 0. The number of rotatable bonds is 6. The first kappa shape index (κ1) is 21.5. The molecule has 5 rings (SSSR count). The monoisotopic (exact) mass is 458 g/mol. The van der Waals surface area contributed by atoms with E-state index in [-0.39, 0.29) is 11.3 Å². The number of nitrogens with zero attached hydrogens (tertiary/aromatic N) is 1. The maximum absolute atomic E-state index is 14.2. The third-order valence-corrected chi connectivity index (χ3v) is 6.20. The van der Waals surface area contributed by atoms with Crippen LogP contribution in [0.25, 0.3) is 0 Å². The average molecular weight is 458 g/mol. The predicted molar refractivity (Wildman–Crippen MR) is 125 cm³/mol. The number of hydrogen-bond acceptors (Lipinski definition) is 7. The van der Waals surface area contributed by atoms with Gasteiger partial charge in [-0.3, -0.25) is 9.59 Å². The van der Waals surface area contributed by atoms with Crippen LogP contribution in [0, 0.1) is 5.92 Å². The summed E-state index contributed by atoms with van der Waals surface area (Å²) in [6, 6.07) is 19.2. The lowest BCUT2D eigenvalue weighted by molar-refractivity contribution is -0.140. The van der Waals surface area contributed by atoms with Gasteiger partial charge in [0, 0.05) is 22.9 Å². The van der Waals surface area contributed by atoms with Crippen LogP contribution >= 0.6 is 0 Å². The maximum atomic E-state index is 14.2. The molecule has 34 heavy (non-hydrogen) atoms. The zero-order valence-electron chi connectivity index (χ0n) is 18.8.